The third-order valence-corrected chi connectivity index (χ3v) is 6.39. The van der Waals surface area contributed by atoms with Gasteiger partial charge in [0, 0.05) is 43.5 Å². The molecule has 2 bridgehead atoms. The maximum absolute atomic E-state index is 12.9. The number of hydrogen-bond donors (Lipinski definition) is 2. The molecule has 9 heteroatoms. The molecule has 0 saturated carbocycles. The van der Waals surface area contributed by atoms with Gasteiger partial charge in [-0.2, -0.15) is 5.26 Å². The number of piperidine rings is 1. The summed E-state index contributed by atoms with van der Waals surface area (Å²) in [6, 6.07) is 5.99. The van der Waals surface area contributed by atoms with Crippen LogP contribution in [0.5, 0.6) is 0 Å². The smallest absolute Gasteiger partial charge is 0.410 e. The van der Waals surface area contributed by atoms with Crippen molar-refractivity contribution in [1.29, 1.82) is 5.26 Å². The van der Waals surface area contributed by atoms with Crippen LogP contribution in [-0.4, -0.2) is 69.8 Å². The summed E-state index contributed by atoms with van der Waals surface area (Å²) in [4.78, 5) is 33.5. The van der Waals surface area contributed by atoms with E-state index in [1.54, 1.807) is 18.3 Å². The highest BCUT2D eigenvalue weighted by molar-refractivity contribution is 5.75. The number of hydrogen-bond acceptors (Lipinski definition) is 6. The van der Waals surface area contributed by atoms with Crippen LogP contribution in [0.4, 0.5) is 15.4 Å². The van der Waals surface area contributed by atoms with Gasteiger partial charge in [0.05, 0.1) is 5.56 Å². The quantitative estimate of drug-likeness (QED) is 0.747. The molecule has 2 unspecified atom stereocenters. The Morgan fingerprint density at radius 2 is 1.88 bits per heavy atom. The van der Waals surface area contributed by atoms with Gasteiger partial charge in [0.15, 0.2) is 0 Å². The number of nitrogens with zero attached hydrogens (tertiary/aromatic N) is 4. The van der Waals surface area contributed by atoms with Crippen molar-refractivity contribution in [3.63, 3.8) is 0 Å². The molecule has 172 valence electrons. The average molecular weight is 441 g/mol. The Morgan fingerprint density at radius 3 is 2.47 bits per heavy atom. The van der Waals surface area contributed by atoms with Crippen molar-refractivity contribution < 1.29 is 14.3 Å². The van der Waals surface area contributed by atoms with Crippen molar-refractivity contribution in [3.8, 4) is 6.07 Å². The van der Waals surface area contributed by atoms with Gasteiger partial charge in [0.2, 0.25) is 0 Å². The molecule has 4 rings (SSSR count). The molecule has 0 radical (unpaired) electrons. The molecule has 0 aliphatic carbocycles. The number of carbonyl (C=O) groups is 2. The number of aromatic nitrogens is 1. The van der Waals surface area contributed by atoms with Crippen LogP contribution in [0.3, 0.4) is 0 Å². The first-order valence-electron chi connectivity index (χ1n) is 11.4. The molecule has 3 fully saturated rings. The van der Waals surface area contributed by atoms with Crippen molar-refractivity contribution in [2.24, 2.45) is 0 Å². The first-order chi connectivity index (χ1) is 15.2. The Labute approximate surface area is 189 Å². The van der Waals surface area contributed by atoms with Gasteiger partial charge < -0.3 is 25.2 Å². The van der Waals surface area contributed by atoms with Crippen LogP contribution in [0.25, 0.3) is 0 Å². The van der Waals surface area contributed by atoms with E-state index in [4.69, 9.17) is 10.00 Å². The van der Waals surface area contributed by atoms with Crippen molar-refractivity contribution in [1.82, 2.24) is 20.1 Å². The highest BCUT2D eigenvalue weighted by atomic mass is 16.6. The number of ether oxygens (including phenoxy) is 1. The minimum atomic E-state index is -0.505. The van der Waals surface area contributed by atoms with Crippen LogP contribution in [-0.2, 0) is 4.74 Å². The zero-order chi connectivity index (χ0) is 22.9. The summed E-state index contributed by atoms with van der Waals surface area (Å²) < 4.78 is 5.59. The first-order valence-corrected chi connectivity index (χ1v) is 11.4. The molecule has 1 aromatic rings. The van der Waals surface area contributed by atoms with Crippen molar-refractivity contribution in [3.05, 3.63) is 23.9 Å². The number of urea groups is 1. The standard InChI is InChI=1S/C23H32N6O3/c1-23(2,3)32-22(31)29-18-5-6-19(29)11-17(10-18)27-21(30)28-9-8-16(14-28)26-20-7-4-15(12-24)13-25-20/h4,7,13,16-19H,5-6,8-11,14H2,1-3H3,(H,25,26)(H,27,30)/t16-,17?,18?,19?/m1/s1. The third kappa shape index (κ3) is 5.06. The van der Waals surface area contributed by atoms with Crippen LogP contribution >= 0.6 is 0 Å². The lowest BCUT2D eigenvalue weighted by Crippen LogP contribution is -2.55. The number of carbonyl (C=O) groups excluding carboxylic acids is 2. The molecule has 3 amide bonds. The molecule has 9 nitrogen and oxygen atoms in total. The van der Waals surface area contributed by atoms with Crippen LogP contribution in [0.15, 0.2) is 18.3 Å². The van der Waals surface area contributed by atoms with E-state index >= 15 is 0 Å². The van der Waals surface area contributed by atoms with E-state index < -0.39 is 5.60 Å². The number of nitriles is 1. The van der Waals surface area contributed by atoms with Crippen LogP contribution in [0.2, 0.25) is 0 Å². The SMILES string of the molecule is CC(C)(C)OC(=O)N1C2CCC1CC(NC(=O)N1CC[C@@H](Nc3ccc(C#N)cn3)C1)C2. The van der Waals surface area contributed by atoms with E-state index in [2.05, 4.69) is 21.7 Å². The number of likely N-dealkylation sites (tertiary alicyclic amines) is 1. The molecule has 0 spiro atoms. The molecular weight excluding hydrogens is 408 g/mol. The molecule has 32 heavy (non-hydrogen) atoms. The van der Waals surface area contributed by atoms with Gasteiger partial charge in [-0.25, -0.2) is 14.6 Å². The maximum Gasteiger partial charge on any atom is 0.410 e. The van der Waals surface area contributed by atoms with E-state index in [0.717, 1.165) is 32.1 Å². The summed E-state index contributed by atoms with van der Waals surface area (Å²) in [7, 11) is 0. The fourth-order valence-electron chi connectivity index (χ4n) is 4.99. The van der Waals surface area contributed by atoms with Gasteiger partial charge in [-0.3, -0.25) is 0 Å². The predicted octanol–water partition coefficient (Wildman–Crippen LogP) is 3.08. The fourth-order valence-corrected chi connectivity index (χ4v) is 4.99. The van der Waals surface area contributed by atoms with Crippen molar-refractivity contribution in [2.45, 2.75) is 82.6 Å². The summed E-state index contributed by atoms with van der Waals surface area (Å²) in [6.45, 7) is 6.95. The van der Waals surface area contributed by atoms with Crippen LogP contribution in [0.1, 0.15) is 58.4 Å². The summed E-state index contributed by atoms with van der Waals surface area (Å²) in [6.07, 6.45) is 5.61. The summed E-state index contributed by atoms with van der Waals surface area (Å²) in [5.41, 5.74) is 0.0181. The highest BCUT2D eigenvalue weighted by Gasteiger charge is 2.45. The topological polar surface area (TPSA) is 111 Å². The second kappa shape index (κ2) is 8.85. The lowest BCUT2D eigenvalue weighted by molar-refractivity contribution is 0.00512. The molecule has 3 atom stereocenters. The van der Waals surface area contributed by atoms with E-state index in [1.165, 1.54) is 0 Å². The van der Waals surface area contributed by atoms with Crippen LogP contribution < -0.4 is 10.6 Å². The number of nitrogens with one attached hydrogen (secondary N) is 2. The summed E-state index contributed by atoms with van der Waals surface area (Å²) >= 11 is 0. The second-order valence-electron chi connectivity index (χ2n) is 10.0. The van der Waals surface area contributed by atoms with Gasteiger partial charge in [-0.1, -0.05) is 0 Å². The number of fused-ring (bicyclic) bond motifs is 2. The first kappa shape index (κ1) is 22.2. The van der Waals surface area contributed by atoms with Gasteiger partial charge in [-0.15, -0.1) is 0 Å². The fraction of sp³-hybridized carbons (Fsp3) is 0.652. The number of anilines is 1. The zero-order valence-corrected chi connectivity index (χ0v) is 19.0. The molecule has 1 aromatic heterocycles. The Balaban J connectivity index is 1.26. The molecule has 0 aromatic carbocycles. The largest absolute Gasteiger partial charge is 0.444 e. The predicted molar refractivity (Wildman–Crippen MR) is 119 cm³/mol. The maximum atomic E-state index is 12.9. The van der Waals surface area contributed by atoms with Crippen molar-refractivity contribution >= 4 is 17.9 Å². The van der Waals surface area contributed by atoms with E-state index in [1.807, 2.05) is 30.6 Å². The Bertz CT molecular complexity index is 876. The summed E-state index contributed by atoms with van der Waals surface area (Å²) in [5.74, 6) is 0.711. The third-order valence-electron chi connectivity index (χ3n) is 6.39. The Kier molecular flexibility index (Phi) is 6.13. The highest BCUT2D eigenvalue weighted by Crippen LogP contribution is 2.37. The minimum Gasteiger partial charge on any atom is -0.444 e. The Hall–Kier alpha value is -3.02. The lowest BCUT2D eigenvalue weighted by Gasteiger charge is -2.40. The van der Waals surface area contributed by atoms with Gasteiger partial charge in [-0.05, 0) is 65.0 Å². The van der Waals surface area contributed by atoms with Gasteiger partial charge in [0.1, 0.15) is 17.5 Å². The van der Waals surface area contributed by atoms with E-state index in [0.29, 0.717) is 24.5 Å². The minimum absolute atomic E-state index is 0.0443. The Morgan fingerprint density at radius 1 is 1.16 bits per heavy atom. The zero-order valence-electron chi connectivity index (χ0n) is 19.0. The van der Waals surface area contributed by atoms with E-state index in [9.17, 15) is 9.59 Å². The second-order valence-corrected chi connectivity index (χ2v) is 10.0. The average Bonchev–Trinajstić information content (AvgIpc) is 3.30. The van der Waals surface area contributed by atoms with Crippen molar-refractivity contribution in [2.75, 3.05) is 18.4 Å². The monoisotopic (exact) mass is 440 g/mol. The lowest BCUT2D eigenvalue weighted by atomic mass is 9.98. The molecular formula is C23H32N6O3. The number of amides is 3. The molecule has 3 aliphatic heterocycles. The molecule has 2 N–H and O–H groups in total. The normalized spacial score (nSPS) is 27.1. The molecule has 3 aliphatic rings. The van der Waals surface area contributed by atoms with Gasteiger partial charge in [0.25, 0.3) is 0 Å². The van der Waals surface area contributed by atoms with Gasteiger partial charge >= 0.3 is 12.1 Å². The van der Waals surface area contributed by atoms with E-state index in [-0.39, 0.29) is 36.3 Å². The summed E-state index contributed by atoms with van der Waals surface area (Å²) in [5, 5.41) is 15.4. The molecule has 3 saturated heterocycles. The number of rotatable bonds is 3. The number of pyridine rings is 1. The van der Waals surface area contributed by atoms with Crippen LogP contribution in [0, 0.1) is 11.3 Å². The molecule has 4 heterocycles.